The van der Waals surface area contributed by atoms with E-state index < -0.39 is 6.10 Å². The van der Waals surface area contributed by atoms with Gasteiger partial charge >= 0.3 is 5.97 Å². The summed E-state index contributed by atoms with van der Waals surface area (Å²) in [6, 6.07) is 12.6. The highest BCUT2D eigenvalue weighted by molar-refractivity contribution is 5.99. The lowest BCUT2D eigenvalue weighted by Crippen LogP contribution is -2.42. The number of ether oxygens (including phenoxy) is 2. The molecule has 1 amide bonds. The van der Waals surface area contributed by atoms with Gasteiger partial charge in [0.1, 0.15) is 5.82 Å². The fourth-order valence-electron chi connectivity index (χ4n) is 2.70. The number of benzene rings is 1. The van der Waals surface area contributed by atoms with Crippen LogP contribution in [0, 0.1) is 0 Å². The molecule has 1 aliphatic heterocycles. The molecule has 0 saturated carbocycles. The van der Waals surface area contributed by atoms with E-state index in [-0.39, 0.29) is 18.3 Å². The van der Waals surface area contributed by atoms with E-state index >= 15 is 0 Å². The fourth-order valence-corrected chi connectivity index (χ4v) is 2.70. The molecule has 1 aromatic heterocycles. The topological polar surface area (TPSA) is 94.8 Å². The summed E-state index contributed by atoms with van der Waals surface area (Å²) in [7, 11) is 1.34. The molecule has 2 N–H and O–H groups in total. The number of fused-ring (bicyclic) bond motifs is 1. The van der Waals surface area contributed by atoms with Gasteiger partial charge in [0.15, 0.2) is 11.6 Å². The first-order chi connectivity index (χ1) is 12.1. The van der Waals surface area contributed by atoms with Crippen LogP contribution >= 0.6 is 0 Å². The number of pyridine rings is 1. The monoisotopic (exact) mass is 341 g/mol. The van der Waals surface area contributed by atoms with Crippen molar-refractivity contribution in [3.63, 3.8) is 0 Å². The van der Waals surface area contributed by atoms with Gasteiger partial charge in [-0.05, 0) is 18.6 Å². The van der Waals surface area contributed by atoms with Crippen LogP contribution in [0.25, 0.3) is 0 Å². The first-order valence-electron chi connectivity index (χ1n) is 7.96. The van der Waals surface area contributed by atoms with Crippen molar-refractivity contribution in [2.24, 2.45) is 0 Å². The number of carbonyl (C=O) groups excluding carboxylic acids is 2. The van der Waals surface area contributed by atoms with Gasteiger partial charge in [-0.15, -0.1) is 0 Å². The van der Waals surface area contributed by atoms with Gasteiger partial charge in [-0.25, -0.2) is 4.98 Å². The second-order valence-corrected chi connectivity index (χ2v) is 5.64. The molecule has 0 saturated heterocycles. The van der Waals surface area contributed by atoms with Crippen LogP contribution in [0.15, 0.2) is 42.5 Å². The average molecular weight is 341 g/mol. The molecule has 0 radical (unpaired) electrons. The van der Waals surface area contributed by atoms with Crippen molar-refractivity contribution in [2.75, 3.05) is 24.3 Å². The maximum atomic E-state index is 12.9. The van der Waals surface area contributed by atoms with Crippen molar-refractivity contribution in [2.45, 2.75) is 18.9 Å². The molecule has 7 nitrogen and oxygen atoms in total. The molecule has 0 spiro atoms. The predicted octanol–water partition coefficient (Wildman–Crippen LogP) is 2.08. The number of nitrogens with two attached hydrogens (primary N) is 1. The molecule has 0 bridgehead atoms. The van der Waals surface area contributed by atoms with Gasteiger partial charge in [0, 0.05) is 18.5 Å². The molecule has 1 atom stereocenters. The number of rotatable bonds is 5. The summed E-state index contributed by atoms with van der Waals surface area (Å²) >= 11 is 0. The maximum absolute atomic E-state index is 12.9. The SMILES string of the molecule is COC(=O)CCCN1C(=O)C(c2ccccc2)Oc2ccc(N)nc21. The molecule has 0 fully saturated rings. The smallest absolute Gasteiger partial charge is 0.305 e. The van der Waals surface area contributed by atoms with E-state index in [2.05, 4.69) is 9.72 Å². The Balaban J connectivity index is 1.89. The second kappa shape index (κ2) is 7.21. The van der Waals surface area contributed by atoms with Crippen LogP contribution in [0.5, 0.6) is 5.75 Å². The quantitative estimate of drug-likeness (QED) is 0.837. The van der Waals surface area contributed by atoms with E-state index in [4.69, 9.17) is 10.5 Å². The van der Waals surface area contributed by atoms with Crippen LogP contribution in [0.4, 0.5) is 11.6 Å². The van der Waals surface area contributed by atoms with Crippen molar-refractivity contribution in [3.8, 4) is 5.75 Å². The molecule has 7 heteroatoms. The minimum Gasteiger partial charge on any atom is -0.472 e. The lowest BCUT2D eigenvalue weighted by Gasteiger charge is -2.33. The highest BCUT2D eigenvalue weighted by Crippen LogP contribution is 2.38. The van der Waals surface area contributed by atoms with Gasteiger partial charge in [-0.1, -0.05) is 30.3 Å². The number of amides is 1. The number of nitrogen functional groups attached to an aromatic ring is 1. The van der Waals surface area contributed by atoms with E-state index in [9.17, 15) is 9.59 Å². The van der Waals surface area contributed by atoms with Crippen LogP contribution in [0.3, 0.4) is 0 Å². The Morgan fingerprint density at radius 3 is 2.76 bits per heavy atom. The summed E-state index contributed by atoms with van der Waals surface area (Å²) in [6.45, 7) is 0.323. The van der Waals surface area contributed by atoms with Gasteiger partial charge in [-0.3, -0.25) is 14.5 Å². The van der Waals surface area contributed by atoms with E-state index in [1.807, 2.05) is 30.3 Å². The molecular weight excluding hydrogens is 322 g/mol. The van der Waals surface area contributed by atoms with Crippen LogP contribution in [-0.4, -0.2) is 30.5 Å². The third-order valence-electron chi connectivity index (χ3n) is 3.94. The number of anilines is 2. The minimum atomic E-state index is -0.753. The van der Waals surface area contributed by atoms with Crippen molar-refractivity contribution in [3.05, 3.63) is 48.0 Å². The molecule has 3 rings (SSSR count). The second-order valence-electron chi connectivity index (χ2n) is 5.64. The van der Waals surface area contributed by atoms with Gasteiger partial charge in [-0.2, -0.15) is 0 Å². The van der Waals surface area contributed by atoms with E-state index in [1.165, 1.54) is 12.0 Å². The molecule has 130 valence electrons. The largest absolute Gasteiger partial charge is 0.472 e. The number of methoxy groups -OCH3 is 1. The Labute approximate surface area is 145 Å². The highest BCUT2D eigenvalue weighted by atomic mass is 16.5. The summed E-state index contributed by atoms with van der Waals surface area (Å²) in [5.74, 6) is 0.608. The van der Waals surface area contributed by atoms with E-state index in [0.717, 1.165) is 5.56 Å². The number of carbonyl (C=O) groups is 2. The predicted molar refractivity (Wildman–Crippen MR) is 92.1 cm³/mol. The Morgan fingerprint density at radius 1 is 1.28 bits per heavy atom. The summed E-state index contributed by atoms with van der Waals surface area (Å²) < 4.78 is 10.5. The average Bonchev–Trinajstić information content (AvgIpc) is 2.64. The zero-order valence-electron chi connectivity index (χ0n) is 13.8. The molecule has 1 aromatic carbocycles. The fraction of sp³-hybridized carbons (Fsp3) is 0.278. The lowest BCUT2D eigenvalue weighted by atomic mass is 10.1. The summed E-state index contributed by atoms with van der Waals surface area (Å²) in [5.41, 5.74) is 6.51. The number of esters is 1. The Hall–Kier alpha value is -3.09. The van der Waals surface area contributed by atoms with Crippen molar-refractivity contribution >= 4 is 23.5 Å². The molecule has 2 aromatic rings. The molecule has 1 unspecified atom stereocenters. The van der Waals surface area contributed by atoms with Crippen molar-refractivity contribution in [1.82, 2.24) is 4.98 Å². The summed E-state index contributed by atoms with van der Waals surface area (Å²) in [5, 5.41) is 0. The normalized spacial score (nSPS) is 16.1. The van der Waals surface area contributed by atoms with Crippen molar-refractivity contribution < 1.29 is 19.1 Å². The zero-order valence-corrected chi connectivity index (χ0v) is 13.8. The minimum absolute atomic E-state index is 0.217. The molecular formula is C18H19N3O4. The van der Waals surface area contributed by atoms with Gasteiger partial charge in [0.05, 0.1) is 7.11 Å². The first-order valence-corrected chi connectivity index (χ1v) is 7.96. The Morgan fingerprint density at radius 2 is 2.04 bits per heavy atom. The zero-order chi connectivity index (χ0) is 17.8. The molecule has 1 aliphatic rings. The third kappa shape index (κ3) is 3.55. The van der Waals surface area contributed by atoms with Gasteiger partial charge in [0.25, 0.3) is 5.91 Å². The standard InChI is InChI=1S/C18H19N3O4/c1-24-15(22)8-5-11-21-17-13(9-10-14(19)20-17)25-16(18(21)23)12-6-3-2-4-7-12/h2-4,6-7,9-10,16H,5,8,11H2,1H3,(H2,19,20). The number of nitrogens with zero attached hydrogens (tertiary/aromatic N) is 2. The van der Waals surface area contributed by atoms with Crippen molar-refractivity contribution in [1.29, 1.82) is 0 Å². The highest BCUT2D eigenvalue weighted by Gasteiger charge is 2.36. The molecule has 0 aliphatic carbocycles. The summed E-state index contributed by atoms with van der Waals surface area (Å²) in [4.78, 5) is 30.0. The number of hydrogen-bond donors (Lipinski definition) is 1. The molecule has 25 heavy (non-hydrogen) atoms. The van der Waals surface area contributed by atoms with E-state index in [1.54, 1.807) is 12.1 Å². The van der Waals surface area contributed by atoms with Crippen LogP contribution < -0.4 is 15.4 Å². The first kappa shape index (κ1) is 16.8. The van der Waals surface area contributed by atoms with Crippen LogP contribution in [0.1, 0.15) is 24.5 Å². The maximum Gasteiger partial charge on any atom is 0.305 e. The Bertz CT molecular complexity index is 779. The van der Waals surface area contributed by atoms with Gasteiger partial charge in [0.2, 0.25) is 6.10 Å². The third-order valence-corrected chi connectivity index (χ3v) is 3.94. The number of hydrogen-bond acceptors (Lipinski definition) is 6. The number of aromatic nitrogens is 1. The lowest BCUT2D eigenvalue weighted by molar-refractivity contribution is -0.140. The van der Waals surface area contributed by atoms with Crippen LogP contribution in [0.2, 0.25) is 0 Å². The summed E-state index contributed by atoms with van der Waals surface area (Å²) in [6.07, 6.45) is -0.0813. The molecule has 2 heterocycles. The van der Waals surface area contributed by atoms with Gasteiger partial charge < -0.3 is 15.2 Å². The van der Waals surface area contributed by atoms with E-state index in [0.29, 0.717) is 30.4 Å². The van der Waals surface area contributed by atoms with Crippen LogP contribution in [-0.2, 0) is 14.3 Å². The Kier molecular flexibility index (Phi) is 4.83.